The highest BCUT2D eigenvalue weighted by atomic mass is 32.2. The van der Waals surface area contributed by atoms with Crippen LogP contribution in [-0.2, 0) is 10.0 Å². The third-order valence-electron chi connectivity index (χ3n) is 2.97. The van der Waals surface area contributed by atoms with Crippen LogP contribution in [0.5, 0.6) is 0 Å². The van der Waals surface area contributed by atoms with Crippen molar-refractivity contribution in [1.29, 1.82) is 0 Å². The number of nitro benzene ring substituents is 1. The number of nitrogens with zero attached hydrogens (tertiary/aromatic N) is 3. The SMILES string of the molecule is CN(C)CCCN(C)S(=O)(=O)c1cc([N+](=O)[O-])ccc1N. The minimum absolute atomic E-state index is 0.0000552. The van der Waals surface area contributed by atoms with Gasteiger partial charge >= 0.3 is 0 Å². The Labute approximate surface area is 124 Å². The van der Waals surface area contributed by atoms with Gasteiger partial charge in [0.05, 0.1) is 10.6 Å². The number of hydrogen-bond donors (Lipinski definition) is 1. The van der Waals surface area contributed by atoms with Crippen molar-refractivity contribution in [3.05, 3.63) is 28.3 Å². The molecule has 1 aromatic carbocycles. The third-order valence-corrected chi connectivity index (χ3v) is 4.89. The van der Waals surface area contributed by atoms with E-state index in [9.17, 15) is 18.5 Å². The molecule has 0 bridgehead atoms. The lowest BCUT2D eigenvalue weighted by molar-refractivity contribution is -0.385. The highest BCUT2D eigenvalue weighted by Crippen LogP contribution is 2.26. The van der Waals surface area contributed by atoms with Crippen LogP contribution >= 0.6 is 0 Å². The van der Waals surface area contributed by atoms with Crippen LogP contribution in [0.2, 0.25) is 0 Å². The van der Waals surface area contributed by atoms with Crippen LogP contribution in [0.4, 0.5) is 11.4 Å². The standard InChI is InChI=1S/C12H20N4O4S/c1-14(2)7-4-8-15(3)21(19,20)12-9-10(16(17)18)5-6-11(12)13/h5-6,9H,4,7-8,13H2,1-3H3. The van der Waals surface area contributed by atoms with Crippen molar-refractivity contribution in [2.24, 2.45) is 0 Å². The van der Waals surface area contributed by atoms with Crippen LogP contribution in [0.15, 0.2) is 23.1 Å². The van der Waals surface area contributed by atoms with Crippen molar-refractivity contribution in [3.63, 3.8) is 0 Å². The molecule has 2 N–H and O–H groups in total. The normalized spacial score (nSPS) is 12.0. The van der Waals surface area contributed by atoms with E-state index < -0.39 is 14.9 Å². The molecule has 0 saturated carbocycles. The van der Waals surface area contributed by atoms with Crippen LogP contribution < -0.4 is 5.73 Å². The largest absolute Gasteiger partial charge is 0.398 e. The zero-order valence-electron chi connectivity index (χ0n) is 12.3. The molecule has 0 saturated heterocycles. The predicted molar refractivity (Wildman–Crippen MR) is 80.5 cm³/mol. The highest BCUT2D eigenvalue weighted by molar-refractivity contribution is 7.89. The zero-order valence-corrected chi connectivity index (χ0v) is 13.1. The van der Waals surface area contributed by atoms with Gasteiger partial charge in [0.25, 0.3) is 5.69 Å². The molecule has 0 aliphatic carbocycles. The van der Waals surface area contributed by atoms with Gasteiger partial charge < -0.3 is 10.6 Å². The molecule has 0 atom stereocenters. The monoisotopic (exact) mass is 316 g/mol. The molecule has 0 radical (unpaired) electrons. The fraction of sp³-hybridized carbons (Fsp3) is 0.500. The molecule has 1 rings (SSSR count). The quantitative estimate of drug-likeness (QED) is 0.451. The maximum atomic E-state index is 12.4. The van der Waals surface area contributed by atoms with E-state index >= 15 is 0 Å². The molecule has 0 unspecified atom stereocenters. The second-order valence-corrected chi connectivity index (χ2v) is 6.98. The molecule has 0 amide bonds. The number of benzene rings is 1. The summed E-state index contributed by atoms with van der Waals surface area (Å²) < 4.78 is 26.0. The molecule has 1 aromatic rings. The van der Waals surface area contributed by atoms with Crippen molar-refractivity contribution in [3.8, 4) is 0 Å². The van der Waals surface area contributed by atoms with Crippen LogP contribution in [0.25, 0.3) is 0 Å². The number of nitrogen functional groups attached to an aromatic ring is 1. The van der Waals surface area contributed by atoms with E-state index in [2.05, 4.69) is 0 Å². The second-order valence-electron chi connectivity index (χ2n) is 4.96. The van der Waals surface area contributed by atoms with Crippen molar-refractivity contribution in [1.82, 2.24) is 9.21 Å². The number of anilines is 1. The van der Waals surface area contributed by atoms with Gasteiger partial charge in [-0.05, 0) is 33.1 Å². The van der Waals surface area contributed by atoms with Gasteiger partial charge in [-0.1, -0.05) is 0 Å². The molecule has 8 nitrogen and oxygen atoms in total. The summed E-state index contributed by atoms with van der Waals surface area (Å²) in [5.74, 6) is 0. The Morgan fingerprint density at radius 2 is 1.86 bits per heavy atom. The third kappa shape index (κ3) is 4.38. The molecule has 0 aromatic heterocycles. The first-order valence-electron chi connectivity index (χ1n) is 6.31. The van der Waals surface area contributed by atoms with Gasteiger partial charge in [-0.25, -0.2) is 12.7 Å². The van der Waals surface area contributed by atoms with E-state index in [0.717, 1.165) is 16.9 Å². The van der Waals surface area contributed by atoms with E-state index in [-0.39, 0.29) is 16.3 Å². The maximum absolute atomic E-state index is 12.4. The summed E-state index contributed by atoms with van der Waals surface area (Å²) >= 11 is 0. The number of non-ortho nitro benzene ring substituents is 1. The van der Waals surface area contributed by atoms with Crippen molar-refractivity contribution in [2.45, 2.75) is 11.3 Å². The Kier molecular flexibility index (Phi) is 5.64. The van der Waals surface area contributed by atoms with Crippen LogP contribution in [0, 0.1) is 10.1 Å². The average molecular weight is 316 g/mol. The van der Waals surface area contributed by atoms with Crippen molar-refractivity contribution in [2.75, 3.05) is 40.0 Å². The average Bonchev–Trinajstić information content (AvgIpc) is 2.37. The van der Waals surface area contributed by atoms with E-state index in [1.165, 1.54) is 19.2 Å². The molecule has 9 heteroatoms. The molecular formula is C12H20N4O4S. The van der Waals surface area contributed by atoms with E-state index in [1.807, 2.05) is 19.0 Å². The van der Waals surface area contributed by atoms with Gasteiger partial charge in [0.1, 0.15) is 4.90 Å². The van der Waals surface area contributed by atoms with Crippen LogP contribution in [-0.4, -0.2) is 56.8 Å². The number of hydrogen-bond acceptors (Lipinski definition) is 6. The predicted octanol–water partition coefficient (Wildman–Crippen LogP) is 0.749. The molecule has 0 aliphatic rings. The minimum atomic E-state index is -3.84. The summed E-state index contributed by atoms with van der Waals surface area (Å²) in [6.07, 6.45) is 0.650. The highest BCUT2D eigenvalue weighted by Gasteiger charge is 2.25. The van der Waals surface area contributed by atoms with E-state index in [1.54, 1.807) is 0 Å². The summed E-state index contributed by atoms with van der Waals surface area (Å²) in [4.78, 5) is 11.8. The number of sulfonamides is 1. The van der Waals surface area contributed by atoms with Gasteiger partial charge in [0.15, 0.2) is 0 Å². The van der Waals surface area contributed by atoms with Gasteiger partial charge in [-0.15, -0.1) is 0 Å². The fourth-order valence-electron chi connectivity index (χ4n) is 1.76. The van der Waals surface area contributed by atoms with Crippen LogP contribution in [0.1, 0.15) is 6.42 Å². The first kappa shape index (κ1) is 17.3. The summed E-state index contributed by atoms with van der Waals surface area (Å²) in [6, 6.07) is 3.41. The van der Waals surface area contributed by atoms with Crippen molar-refractivity contribution >= 4 is 21.4 Å². The smallest absolute Gasteiger partial charge is 0.270 e. The minimum Gasteiger partial charge on any atom is -0.398 e. The van der Waals surface area contributed by atoms with Crippen LogP contribution in [0.3, 0.4) is 0 Å². The second kappa shape index (κ2) is 6.83. The number of nitro groups is 1. The van der Waals surface area contributed by atoms with Gasteiger partial charge in [0, 0.05) is 25.7 Å². The Morgan fingerprint density at radius 1 is 1.24 bits per heavy atom. The maximum Gasteiger partial charge on any atom is 0.270 e. The lowest BCUT2D eigenvalue weighted by Crippen LogP contribution is -2.30. The number of rotatable bonds is 7. The molecule has 0 aliphatic heterocycles. The lowest BCUT2D eigenvalue weighted by atomic mass is 10.3. The Morgan fingerprint density at radius 3 is 2.38 bits per heavy atom. The summed E-state index contributed by atoms with van der Waals surface area (Å²) in [6.45, 7) is 1.05. The summed E-state index contributed by atoms with van der Waals surface area (Å²) in [5.41, 5.74) is 5.35. The molecule has 0 heterocycles. The molecular weight excluding hydrogens is 296 g/mol. The number of nitrogens with two attached hydrogens (primary N) is 1. The first-order chi connectivity index (χ1) is 9.66. The van der Waals surface area contributed by atoms with E-state index in [4.69, 9.17) is 5.73 Å². The fourth-order valence-corrected chi connectivity index (χ4v) is 3.10. The van der Waals surface area contributed by atoms with Gasteiger partial charge in [0.2, 0.25) is 10.0 Å². The molecule has 21 heavy (non-hydrogen) atoms. The first-order valence-corrected chi connectivity index (χ1v) is 7.75. The molecule has 118 valence electrons. The zero-order chi connectivity index (χ0) is 16.2. The van der Waals surface area contributed by atoms with Gasteiger partial charge in [-0.3, -0.25) is 10.1 Å². The van der Waals surface area contributed by atoms with Crippen molar-refractivity contribution < 1.29 is 13.3 Å². The van der Waals surface area contributed by atoms with Gasteiger partial charge in [-0.2, -0.15) is 0 Å². The molecule has 0 spiro atoms. The topological polar surface area (TPSA) is 110 Å². The summed E-state index contributed by atoms with van der Waals surface area (Å²) in [5, 5.41) is 10.8. The Hall–Kier alpha value is -1.71. The molecule has 0 fully saturated rings. The Balaban J connectivity index is 3.01. The lowest BCUT2D eigenvalue weighted by Gasteiger charge is -2.19. The Bertz CT molecular complexity index is 616. The van der Waals surface area contributed by atoms with E-state index in [0.29, 0.717) is 13.0 Å². The summed E-state index contributed by atoms with van der Waals surface area (Å²) in [7, 11) is 1.39.